The predicted molar refractivity (Wildman–Crippen MR) is 77.8 cm³/mol. The molecule has 0 bridgehead atoms. The van der Waals surface area contributed by atoms with Gasteiger partial charge in [0.1, 0.15) is 0 Å². The van der Waals surface area contributed by atoms with Crippen molar-refractivity contribution in [2.24, 2.45) is 5.92 Å². The molecule has 1 aliphatic heterocycles. The lowest BCUT2D eigenvalue weighted by molar-refractivity contribution is -0.123. The van der Waals surface area contributed by atoms with Crippen LogP contribution in [0.25, 0.3) is 0 Å². The van der Waals surface area contributed by atoms with Gasteiger partial charge in [0.25, 0.3) is 0 Å². The minimum absolute atomic E-state index is 0.221. The topological polar surface area (TPSA) is 75.3 Å². The lowest BCUT2D eigenvalue weighted by Crippen LogP contribution is -2.41. The highest BCUT2D eigenvalue weighted by Gasteiger charge is 2.24. The minimum atomic E-state index is -3.66. The van der Waals surface area contributed by atoms with Gasteiger partial charge in [0.15, 0.2) is 0 Å². The normalized spacial score (nSPS) is 16.9. The highest BCUT2D eigenvalue weighted by molar-refractivity contribution is 7.89. The van der Waals surface area contributed by atoms with Crippen LogP contribution in [0.4, 0.5) is 0 Å². The molecule has 1 heterocycles. The van der Waals surface area contributed by atoms with Crippen molar-refractivity contribution in [1.82, 2.24) is 10.0 Å². The van der Waals surface area contributed by atoms with Crippen LogP contribution < -0.4 is 10.0 Å². The average Bonchev–Trinajstić information content (AvgIpc) is 2.41. The Morgan fingerprint density at radius 3 is 2.45 bits per heavy atom. The van der Waals surface area contributed by atoms with Crippen LogP contribution in [0.15, 0.2) is 24.3 Å². The van der Waals surface area contributed by atoms with Gasteiger partial charge >= 0.3 is 0 Å². The maximum atomic E-state index is 12.0. The number of piperidine rings is 1. The van der Waals surface area contributed by atoms with Crippen LogP contribution >= 0.6 is 11.6 Å². The monoisotopic (exact) mass is 316 g/mol. The van der Waals surface area contributed by atoms with E-state index in [1.165, 1.54) is 0 Å². The van der Waals surface area contributed by atoms with Gasteiger partial charge in [-0.15, -0.1) is 0 Å². The Kier molecular flexibility index (Phi) is 5.01. The van der Waals surface area contributed by atoms with E-state index in [-0.39, 0.29) is 11.7 Å². The number of hydrogen-bond donors (Lipinski definition) is 2. The smallest absolute Gasteiger partial charge is 0.239 e. The van der Waals surface area contributed by atoms with Crippen LogP contribution in [0.2, 0.25) is 5.02 Å². The third kappa shape index (κ3) is 4.47. The lowest BCUT2D eigenvalue weighted by atomic mass is 9.98. The maximum absolute atomic E-state index is 12.0. The molecule has 110 valence electrons. The summed E-state index contributed by atoms with van der Waals surface area (Å²) in [6.07, 6.45) is 1.34. The van der Waals surface area contributed by atoms with Gasteiger partial charge in [0.05, 0.1) is 5.75 Å². The van der Waals surface area contributed by atoms with Crippen LogP contribution in [0.1, 0.15) is 18.4 Å². The summed E-state index contributed by atoms with van der Waals surface area (Å²) in [6.45, 7) is 1.49. The molecule has 20 heavy (non-hydrogen) atoms. The summed E-state index contributed by atoms with van der Waals surface area (Å²) in [5.41, 5.74) is 0.597. The molecule has 1 amide bonds. The van der Waals surface area contributed by atoms with Crippen molar-refractivity contribution in [3.05, 3.63) is 34.9 Å². The Balaban J connectivity index is 1.96. The zero-order valence-corrected chi connectivity index (χ0v) is 12.5. The summed E-state index contributed by atoms with van der Waals surface area (Å²) in [5.74, 6) is -0.849. The molecule has 7 heteroatoms. The lowest BCUT2D eigenvalue weighted by Gasteiger charge is -2.21. The molecule has 1 aromatic carbocycles. The molecule has 0 aliphatic carbocycles. The summed E-state index contributed by atoms with van der Waals surface area (Å²) < 4.78 is 26.1. The summed E-state index contributed by atoms with van der Waals surface area (Å²) in [4.78, 5) is 11.9. The van der Waals surface area contributed by atoms with Gasteiger partial charge in [0, 0.05) is 10.9 Å². The summed E-state index contributed by atoms with van der Waals surface area (Å²) in [6, 6.07) is 6.52. The number of carbonyl (C=O) groups excluding carboxylic acids is 1. The number of carbonyl (C=O) groups is 1. The summed E-state index contributed by atoms with van der Waals surface area (Å²) in [5, 5.41) is 3.68. The first kappa shape index (κ1) is 15.3. The van der Waals surface area contributed by atoms with Gasteiger partial charge in [-0.25, -0.2) is 8.42 Å². The van der Waals surface area contributed by atoms with Crippen molar-refractivity contribution in [3.8, 4) is 0 Å². The molecule has 0 aromatic heterocycles. The highest BCUT2D eigenvalue weighted by Crippen LogP contribution is 2.14. The standard InChI is InChI=1S/C13H17ClN2O3S/c14-12-3-1-10(2-4-12)9-20(18,19)16-13(17)11-5-7-15-8-6-11/h1-4,11,15H,5-9H2,(H,16,17). The fraction of sp³-hybridized carbons (Fsp3) is 0.462. The Bertz CT molecular complexity index is 566. The number of rotatable bonds is 4. The maximum Gasteiger partial charge on any atom is 0.239 e. The van der Waals surface area contributed by atoms with Crippen molar-refractivity contribution in [2.75, 3.05) is 13.1 Å². The van der Waals surface area contributed by atoms with E-state index in [0.29, 0.717) is 23.4 Å². The van der Waals surface area contributed by atoms with Crippen molar-refractivity contribution in [3.63, 3.8) is 0 Å². The van der Waals surface area contributed by atoms with Crippen LogP contribution in [-0.2, 0) is 20.6 Å². The first-order valence-electron chi connectivity index (χ1n) is 6.46. The van der Waals surface area contributed by atoms with Gasteiger partial charge in [-0.2, -0.15) is 0 Å². The third-order valence-corrected chi connectivity index (χ3v) is 4.71. The van der Waals surface area contributed by atoms with Crippen molar-refractivity contribution >= 4 is 27.5 Å². The van der Waals surface area contributed by atoms with Gasteiger partial charge in [0.2, 0.25) is 15.9 Å². The summed E-state index contributed by atoms with van der Waals surface area (Å²) in [7, 11) is -3.66. The van der Waals surface area contributed by atoms with Crippen molar-refractivity contribution < 1.29 is 13.2 Å². The molecular formula is C13H17ClN2O3S. The zero-order valence-electron chi connectivity index (χ0n) is 10.9. The first-order valence-corrected chi connectivity index (χ1v) is 8.49. The van der Waals surface area contributed by atoms with Crippen LogP contribution in [0, 0.1) is 5.92 Å². The van der Waals surface area contributed by atoms with Crippen molar-refractivity contribution in [1.29, 1.82) is 0 Å². The van der Waals surface area contributed by atoms with E-state index >= 15 is 0 Å². The van der Waals surface area contributed by atoms with E-state index in [1.54, 1.807) is 24.3 Å². The Morgan fingerprint density at radius 2 is 1.85 bits per heavy atom. The van der Waals surface area contributed by atoms with Gasteiger partial charge in [-0.1, -0.05) is 23.7 Å². The number of amides is 1. The number of halogens is 1. The molecule has 1 fully saturated rings. The predicted octanol–water partition coefficient (Wildman–Crippen LogP) is 1.29. The fourth-order valence-electron chi connectivity index (χ4n) is 2.16. The quantitative estimate of drug-likeness (QED) is 0.877. The van der Waals surface area contributed by atoms with E-state index in [1.807, 2.05) is 0 Å². The molecule has 0 radical (unpaired) electrons. The van der Waals surface area contributed by atoms with Gasteiger partial charge in [-0.05, 0) is 43.6 Å². The molecule has 5 nitrogen and oxygen atoms in total. The fourth-order valence-corrected chi connectivity index (χ4v) is 3.46. The Labute approximate surface area is 123 Å². The molecule has 1 aliphatic rings. The molecular weight excluding hydrogens is 300 g/mol. The number of sulfonamides is 1. The zero-order chi connectivity index (χ0) is 14.6. The average molecular weight is 317 g/mol. The number of benzene rings is 1. The SMILES string of the molecule is O=C(NS(=O)(=O)Cc1ccc(Cl)cc1)C1CCNCC1. The highest BCUT2D eigenvalue weighted by atomic mass is 35.5. The molecule has 2 rings (SSSR count). The minimum Gasteiger partial charge on any atom is -0.317 e. The van der Waals surface area contributed by atoms with E-state index in [9.17, 15) is 13.2 Å². The second-order valence-electron chi connectivity index (χ2n) is 4.88. The second-order valence-corrected chi connectivity index (χ2v) is 7.03. The molecule has 1 aromatic rings. The van der Waals surface area contributed by atoms with E-state index < -0.39 is 15.9 Å². The molecule has 0 unspecified atom stereocenters. The number of hydrogen-bond acceptors (Lipinski definition) is 4. The first-order chi connectivity index (χ1) is 9.46. The van der Waals surface area contributed by atoms with Crippen molar-refractivity contribution in [2.45, 2.75) is 18.6 Å². The Hall–Kier alpha value is -1.11. The van der Waals surface area contributed by atoms with Gasteiger partial charge in [-0.3, -0.25) is 9.52 Å². The molecule has 0 spiro atoms. The molecule has 0 atom stereocenters. The van der Waals surface area contributed by atoms with E-state index in [4.69, 9.17) is 11.6 Å². The molecule has 2 N–H and O–H groups in total. The second kappa shape index (κ2) is 6.56. The third-order valence-electron chi connectivity index (χ3n) is 3.24. The largest absolute Gasteiger partial charge is 0.317 e. The molecule has 1 saturated heterocycles. The Morgan fingerprint density at radius 1 is 1.25 bits per heavy atom. The van der Waals surface area contributed by atoms with Crippen LogP contribution in [-0.4, -0.2) is 27.4 Å². The van der Waals surface area contributed by atoms with Gasteiger partial charge < -0.3 is 5.32 Å². The van der Waals surface area contributed by atoms with E-state index in [2.05, 4.69) is 10.0 Å². The van der Waals surface area contributed by atoms with E-state index in [0.717, 1.165) is 13.1 Å². The summed E-state index contributed by atoms with van der Waals surface area (Å²) >= 11 is 5.74. The molecule has 0 saturated carbocycles. The van der Waals surface area contributed by atoms with Crippen LogP contribution in [0.5, 0.6) is 0 Å². The van der Waals surface area contributed by atoms with Crippen LogP contribution in [0.3, 0.4) is 0 Å². The number of nitrogens with one attached hydrogen (secondary N) is 2.